The van der Waals surface area contributed by atoms with Gasteiger partial charge in [-0.25, -0.2) is 4.98 Å². The van der Waals surface area contributed by atoms with E-state index < -0.39 is 0 Å². The molecule has 0 spiro atoms. The van der Waals surface area contributed by atoms with Crippen LogP contribution in [0.25, 0.3) is 5.65 Å². The zero-order chi connectivity index (χ0) is 17.9. The SMILES string of the molecule is Cc1ccc2nc(CN3CCN(CCc4cccs4)CC3)cc(=O)n2c1. The van der Waals surface area contributed by atoms with E-state index in [9.17, 15) is 4.79 Å². The number of aryl methyl sites for hydroxylation is 1. The van der Waals surface area contributed by atoms with Gasteiger partial charge in [0.25, 0.3) is 5.56 Å². The Morgan fingerprint density at radius 1 is 1.12 bits per heavy atom. The van der Waals surface area contributed by atoms with E-state index in [1.165, 1.54) is 4.88 Å². The second-order valence-corrected chi connectivity index (χ2v) is 8.00. The molecule has 1 aliphatic rings. The molecule has 0 atom stereocenters. The molecule has 1 saturated heterocycles. The fourth-order valence-corrected chi connectivity index (χ4v) is 4.16. The molecule has 136 valence electrons. The second kappa shape index (κ2) is 7.70. The van der Waals surface area contributed by atoms with E-state index in [-0.39, 0.29) is 5.56 Å². The van der Waals surface area contributed by atoms with Crippen LogP contribution in [0.1, 0.15) is 16.1 Å². The average Bonchev–Trinajstić information content (AvgIpc) is 3.15. The highest BCUT2D eigenvalue weighted by molar-refractivity contribution is 7.09. The number of fused-ring (bicyclic) bond motifs is 1. The van der Waals surface area contributed by atoms with Crippen molar-refractivity contribution in [2.45, 2.75) is 19.9 Å². The Hall–Kier alpha value is -2.02. The Balaban J connectivity index is 1.35. The number of pyridine rings is 1. The number of nitrogens with zero attached hydrogens (tertiary/aromatic N) is 4. The second-order valence-electron chi connectivity index (χ2n) is 6.97. The van der Waals surface area contributed by atoms with Crippen molar-refractivity contribution < 1.29 is 0 Å². The largest absolute Gasteiger partial charge is 0.300 e. The molecule has 1 fully saturated rings. The van der Waals surface area contributed by atoms with Crippen LogP contribution in [-0.2, 0) is 13.0 Å². The monoisotopic (exact) mass is 368 g/mol. The summed E-state index contributed by atoms with van der Waals surface area (Å²) in [6.45, 7) is 8.08. The summed E-state index contributed by atoms with van der Waals surface area (Å²) in [4.78, 5) is 23.4. The van der Waals surface area contributed by atoms with Crippen molar-refractivity contribution in [1.82, 2.24) is 19.2 Å². The van der Waals surface area contributed by atoms with Crippen LogP contribution in [0.3, 0.4) is 0 Å². The molecule has 5 nitrogen and oxygen atoms in total. The predicted octanol–water partition coefficient (Wildman–Crippen LogP) is 2.42. The van der Waals surface area contributed by atoms with Crippen LogP contribution in [0.2, 0.25) is 0 Å². The van der Waals surface area contributed by atoms with Gasteiger partial charge in [-0.3, -0.25) is 14.1 Å². The quantitative estimate of drug-likeness (QED) is 0.694. The van der Waals surface area contributed by atoms with Crippen LogP contribution in [0.15, 0.2) is 46.7 Å². The van der Waals surface area contributed by atoms with Gasteiger partial charge in [-0.1, -0.05) is 12.1 Å². The summed E-state index contributed by atoms with van der Waals surface area (Å²) in [6.07, 6.45) is 2.99. The highest BCUT2D eigenvalue weighted by Gasteiger charge is 2.17. The summed E-state index contributed by atoms with van der Waals surface area (Å²) in [7, 11) is 0. The summed E-state index contributed by atoms with van der Waals surface area (Å²) < 4.78 is 1.63. The van der Waals surface area contributed by atoms with Crippen LogP contribution >= 0.6 is 11.3 Å². The Bertz CT molecular complexity index is 927. The van der Waals surface area contributed by atoms with Crippen LogP contribution < -0.4 is 5.56 Å². The summed E-state index contributed by atoms with van der Waals surface area (Å²) >= 11 is 1.84. The Morgan fingerprint density at radius 2 is 1.92 bits per heavy atom. The van der Waals surface area contributed by atoms with Gasteiger partial charge in [-0.05, 0) is 36.4 Å². The van der Waals surface area contributed by atoms with Crippen molar-refractivity contribution in [3.8, 4) is 0 Å². The number of piperazine rings is 1. The molecule has 0 bridgehead atoms. The Kier molecular flexibility index (Phi) is 5.15. The van der Waals surface area contributed by atoms with E-state index in [1.54, 1.807) is 10.5 Å². The third kappa shape index (κ3) is 4.03. The third-order valence-corrected chi connectivity index (χ3v) is 5.90. The Morgan fingerprint density at radius 3 is 2.69 bits per heavy atom. The fourth-order valence-electron chi connectivity index (χ4n) is 3.46. The van der Waals surface area contributed by atoms with Crippen molar-refractivity contribution in [2.24, 2.45) is 0 Å². The standard InChI is InChI=1S/C20H24N4OS/c1-16-4-5-19-21-17(13-20(25)24(19)14-16)15-23-10-8-22(9-11-23)7-6-18-3-2-12-26-18/h2-5,12-14H,6-11,15H2,1H3. The van der Waals surface area contributed by atoms with Gasteiger partial charge < -0.3 is 4.90 Å². The molecule has 26 heavy (non-hydrogen) atoms. The van der Waals surface area contributed by atoms with Gasteiger partial charge in [-0.15, -0.1) is 11.3 Å². The van der Waals surface area contributed by atoms with Crippen molar-refractivity contribution in [3.05, 3.63) is 68.4 Å². The maximum atomic E-state index is 12.3. The molecule has 4 rings (SSSR count). The first kappa shape index (κ1) is 17.4. The molecule has 4 heterocycles. The lowest BCUT2D eigenvalue weighted by Crippen LogP contribution is -2.46. The number of thiophene rings is 1. The molecule has 3 aromatic rings. The molecule has 1 aliphatic heterocycles. The van der Waals surface area contributed by atoms with Crippen molar-refractivity contribution >= 4 is 17.0 Å². The van der Waals surface area contributed by atoms with Gasteiger partial charge in [0.05, 0.1) is 5.69 Å². The van der Waals surface area contributed by atoms with E-state index in [1.807, 2.05) is 36.6 Å². The van der Waals surface area contributed by atoms with Gasteiger partial charge >= 0.3 is 0 Å². The maximum Gasteiger partial charge on any atom is 0.258 e. The Labute approximate surface area is 157 Å². The summed E-state index contributed by atoms with van der Waals surface area (Å²) in [5.74, 6) is 0. The van der Waals surface area contributed by atoms with Crippen LogP contribution in [-0.4, -0.2) is 51.9 Å². The third-order valence-electron chi connectivity index (χ3n) is 4.97. The molecule has 0 N–H and O–H groups in total. The number of hydrogen-bond donors (Lipinski definition) is 0. The van der Waals surface area contributed by atoms with Gasteiger partial charge in [0.2, 0.25) is 0 Å². The lowest BCUT2D eigenvalue weighted by molar-refractivity contribution is 0.127. The molecule has 0 aromatic carbocycles. The predicted molar refractivity (Wildman–Crippen MR) is 106 cm³/mol. The highest BCUT2D eigenvalue weighted by atomic mass is 32.1. The lowest BCUT2D eigenvalue weighted by atomic mass is 10.2. The number of hydrogen-bond acceptors (Lipinski definition) is 5. The summed E-state index contributed by atoms with van der Waals surface area (Å²) in [5.41, 5.74) is 2.66. The van der Waals surface area contributed by atoms with E-state index in [2.05, 4.69) is 32.3 Å². The molecule has 3 aromatic heterocycles. The van der Waals surface area contributed by atoms with Gasteiger partial charge in [-0.2, -0.15) is 0 Å². The van der Waals surface area contributed by atoms with Crippen LogP contribution in [0, 0.1) is 6.92 Å². The summed E-state index contributed by atoms with van der Waals surface area (Å²) in [6, 6.07) is 9.93. The van der Waals surface area contributed by atoms with E-state index >= 15 is 0 Å². The minimum Gasteiger partial charge on any atom is -0.300 e. The zero-order valence-corrected chi connectivity index (χ0v) is 15.9. The van der Waals surface area contributed by atoms with Crippen molar-refractivity contribution in [1.29, 1.82) is 0 Å². The summed E-state index contributed by atoms with van der Waals surface area (Å²) in [5, 5.41) is 2.15. The minimum atomic E-state index is 0.00304. The number of rotatable bonds is 5. The van der Waals surface area contributed by atoms with Gasteiger partial charge in [0, 0.05) is 56.4 Å². The first-order chi connectivity index (χ1) is 12.7. The molecule has 6 heteroatoms. The normalized spacial score (nSPS) is 16.3. The topological polar surface area (TPSA) is 40.9 Å². The molecule has 0 saturated carbocycles. The molecular formula is C20H24N4OS. The first-order valence-corrected chi connectivity index (χ1v) is 10.0. The first-order valence-electron chi connectivity index (χ1n) is 9.13. The van der Waals surface area contributed by atoms with Gasteiger partial charge in [0.1, 0.15) is 5.65 Å². The minimum absolute atomic E-state index is 0.00304. The van der Waals surface area contributed by atoms with Crippen molar-refractivity contribution in [3.63, 3.8) is 0 Å². The average molecular weight is 369 g/mol. The molecule has 0 aliphatic carbocycles. The highest BCUT2D eigenvalue weighted by Crippen LogP contribution is 2.12. The molecule has 0 unspecified atom stereocenters. The van der Waals surface area contributed by atoms with E-state index in [4.69, 9.17) is 0 Å². The molecule has 0 amide bonds. The smallest absolute Gasteiger partial charge is 0.258 e. The lowest BCUT2D eigenvalue weighted by Gasteiger charge is -2.34. The van der Waals surface area contributed by atoms with Crippen LogP contribution in [0.5, 0.6) is 0 Å². The zero-order valence-electron chi connectivity index (χ0n) is 15.1. The fraction of sp³-hybridized carbons (Fsp3) is 0.400. The van der Waals surface area contributed by atoms with Crippen LogP contribution in [0.4, 0.5) is 0 Å². The van der Waals surface area contributed by atoms with Gasteiger partial charge in [0.15, 0.2) is 0 Å². The van der Waals surface area contributed by atoms with E-state index in [0.717, 1.165) is 62.6 Å². The molecule has 0 radical (unpaired) electrons. The number of aromatic nitrogens is 2. The maximum absolute atomic E-state index is 12.3. The van der Waals surface area contributed by atoms with E-state index in [0.29, 0.717) is 0 Å². The molecular weight excluding hydrogens is 344 g/mol. The van der Waals surface area contributed by atoms with Crippen molar-refractivity contribution in [2.75, 3.05) is 32.7 Å².